The Morgan fingerprint density at radius 1 is 1.36 bits per heavy atom. The second kappa shape index (κ2) is 6.81. The maximum absolute atomic E-state index is 13.3. The van der Waals surface area contributed by atoms with Crippen LogP contribution in [0.4, 0.5) is 8.78 Å². The average molecular weight is 388 g/mol. The summed E-state index contributed by atoms with van der Waals surface area (Å²) in [6.07, 6.45) is -1.34. The first-order valence-electron chi connectivity index (χ1n) is 8.89. The van der Waals surface area contributed by atoms with Gasteiger partial charge in [0.1, 0.15) is 5.69 Å². The van der Waals surface area contributed by atoms with Crippen LogP contribution in [0.5, 0.6) is 0 Å². The van der Waals surface area contributed by atoms with Gasteiger partial charge in [-0.25, -0.2) is 8.78 Å². The lowest BCUT2D eigenvalue weighted by molar-refractivity contribution is -0.137. The highest BCUT2D eigenvalue weighted by Crippen LogP contribution is 2.53. The number of carboxylic acids is 1. The van der Waals surface area contributed by atoms with Gasteiger partial charge in [-0.15, -0.1) is 0 Å². The van der Waals surface area contributed by atoms with Crippen LogP contribution in [0.1, 0.15) is 48.3 Å². The quantitative estimate of drug-likeness (QED) is 0.663. The topological polar surface area (TPSA) is 94.0 Å². The summed E-state index contributed by atoms with van der Waals surface area (Å²) in [6.45, 7) is 1.86. The molecule has 0 atom stereocenters. The summed E-state index contributed by atoms with van der Waals surface area (Å²) in [5, 5.41) is 16.9. The molecule has 3 aromatic rings. The molecule has 0 radical (unpaired) electrons. The van der Waals surface area contributed by atoms with Gasteiger partial charge < -0.3 is 9.63 Å². The van der Waals surface area contributed by atoms with Gasteiger partial charge in [0, 0.05) is 0 Å². The van der Waals surface area contributed by atoms with E-state index in [4.69, 9.17) is 9.63 Å². The molecule has 28 heavy (non-hydrogen) atoms. The first-order valence-corrected chi connectivity index (χ1v) is 8.89. The zero-order chi connectivity index (χ0) is 19.9. The lowest BCUT2D eigenvalue weighted by Crippen LogP contribution is -2.12. The standard InChI is InChI=1S/C19H18F2N4O3/c1-11-4-2-3-5-12(11)19(7-8-19)18-22-17(28-24-18)13-10-14(16(20)21)25(23-13)9-6-15(26)27/h2-5,10,16H,6-9H2,1H3,(H,26,27). The number of halogens is 2. The van der Waals surface area contributed by atoms with Crippen LogP contribution in [-0.4, -0.2) is 31.0 Å². The third kappa shape index (κ3) is 3.17. The van der Waals surface area contributed by atoms with Crippen LogP contribution >= 0.6 is 0 Å². The molecule has 2 heterocycles. The molecule has 0 aliphatic heterocycles. The van der Waals surface area contributed by atoms with Gasteiger partial charge in [-0.3, -0.25) is 9.48 Å². The van der Waals surface area contributed by atoms with E-state index in [1.54, 1.807) is 0 Å². The average Bonchev–Trinajstić information content (AvgIpc) is 3.12. The molecular formula is C19H18F2N4O3. The van der Waals surface area contributed by atoms with Crippen molar-refractivity contribution in [2.45, 2.75) is 44.6 Å². The van der Waals surface area contributed by atoms with Gasteiger partial charge in [-0.1, -0.05) is 29.4 Å². The summed E-state index contributed by atoms with van der Waals surface area (Å²) >= 11 is 0. The van der Waals surface area contributed by atoms with E-state index in [2.05, 4.69) is 15.2 Å². The summed E-state index contributed by atoms with van der Waals surface area (Å²) in [5.41, 5.74) is 1.67. The Kier molecular flexibility index (Phi) is 4.44. The normalized spacial score (nSPS) is 15.1. The molecule has 146 valence electrons. The molecule has 1 aromatic carbocycles. The molecule has 9 heteroatoms. The minimum atomic E-state index is -2.79. The molecule has 1 fully saturated rings. The van der Waals surface area contributed by atoms with Crippen molar-refractivity contribution in [3.63, 3.8) is 0 Å². The zero-order valence-corrected chi connectivity index (χ0v) is 15.1. The van der Waals surface area contributed by atoms with Crippen molar-refractivity contribution in [3.05, 3.63) is 53.0 Å². The fourth-order valence-electron chi connectivity index (χ4n) is 3.46. The molecule has 7 nitrogen and oxygen atoms in total. The summed E-state index contributed by atoms with van der Waals surface area (Å²) in [7, 11) is 0. The Labute approximate surface area is 159 Å². The number of nitrogens with zero attached hydrogens (tertiary/aromatic N) is 4. The minimum Gasteiger partial charge on any atom is -0.481 e. The van der Waals surface area contributed by atoms with Crippen LogP contribution in [0.25, 0.3) is 11.6 Å². The second-order valence-corrected chi connectivity index (χ2v) is 6.94. The highest BCUT2D eigenvalue weighted by Gasteiger charge is 2.50. The molecule has 1 aliphatic carbocycles. The number of aryl methyl sites for hydroxylation is 2. The van der Waals surface area contributed by atoms with Crippen molar-refractivity contribution < 1.29 is 23.2 Å². The molecule has 4 rings (SSSR count). The van der Waals surface area contributed by atoms with Gasteiger partial charge in [-0.05, 0) is 37.0 Å². The first kappa shape index (κ1) is 18.3. The van der Waals surface area contributed by atoms with E-state index < -0.39 is 12.4 Å². The Morgan fingerprint density at radius 2 is 2.11 bits per heavy atom. The van der Waals surface area contributed by atoms with Crippen LogP contribution in [0.3, 0.4) is 0 Å². The predicted molar refractivity (Wildman–Crippen MR) is 93.9 cm³/mol. The molecule has 0 bridgehead atoms. The Balaban J connectivity index is 1.66. The molecule has 1 aliphatic rings. The third-order valence-electron chi connectivity index (χ3n) is 5.06. The van der Waals surface area contributed by atoms with Crippen LogP contribution in [-0.2, 0) is 16.8 Å². The Bertz CT molecular complexity index is 1020. The van der Waals surface area contributed by atoms with Crippen molar-refractivity contribution in [2.75, 3.05) is 0 Å². The van der Waals surface area contributed by atoms with Crippen LogP contribution < -0.4 is 0 Å². The number of benzene rings is 1. The number of aliphatic carboxylic acids is 1. The fourth-order valence-corrected chi connectivity index (χ4v) is 3.46. The van der Waals surface area contributed by atoms with E-state index in [1.807, 2.05) is 31.2 Å². The Morgan fingerprint density at radius 3 is 2.75 bits per heavy atom. The lowest BCUT2D eigenvalue weighted by Gasteiger charge is -2.13. The largest absolute Gasteiger partial charge is 0.481 e. The number of hydrogen-bond acceptors (Lipinski definition) is 5. The fraction of sp³-hybridized carbons (Fsp3) is 0.368. The molecule has 0 saturated heterocycles. The molecule has 0 spiro atoms. The van der Waals surface area contributed by atoms with E-state index >= 15 is 0 Å². The monoisotopic (exact) mass is 388 g/mol. The predicted octanol–water partition coefficient (Wildman–Crippen LogP) is 3.73. The van der Waals surface area contributed by atoms with Crippen molar-refractivity contribution >= 4 is 5.97 Å². The van der Waals surface area contributed by atoms with Gasteiger partial charge >= 0.3 is 5.97 Å². The Hall–Kier alpha value is -3.10. The second-order valence-electron chi connectivity index (χ2n) is 6.94. The zero-order valence-electron chi connectivity index (χ0n) is 15.1. The van der Waals surface area contributed by atoms with Crippen LogP contribution in [0, 0.1) is 6.92 Å². The lowest BCUT2D eigenvalue weighted by atomic mass is 9.91. The summed E-state index contributed by atoms with van der Waals surface area (Å²) < 4.78 is 32.8. The molecule has 0 amide bonds. The van der Waals surface area contributed by atoms with Gasteiger partial charge in [0.15, 0.2) is 11.5 Å². The SMILES string of the molecule is Cc1ccccc1C1(c2noc(-c3cc(C(F)F)n(CCC(=O)O)n3)n2)CC1. The minimum absolute atomic E-state index is 0.0471. The number of alkyl halides is 2. The molecule has 1 saturated carbocycles. The van der Waals surface area contributed by atoms with Crippen molar-refractivity contribution in [3.8, 4) is 11.6 Å². The molecule has 0 unspecified atom stereocenters. The highest BCUT2D eigenvalue weighted by molar-refractivity contribution is 5.66. The van der Waals surface area contributed by atoms with Crippen molar-refractivity contribution in [1.82, 2.24) is 19.9 Å². The number of aromatic nitrogens is 4. The van der Waals surface area contributed by atoms with Gasteiger partial charge in [0.25, 0.3) is 12.3 Å². The van der Waals surface area contributed by atoms with Crippen molar-refractivity contribution in [2.24, 2.45) is 0 Å². The maximum atomic E-state index is 13.3. The third-order valence-corrected chi connectivity index (χ3v) is 5.06. The van der Waals surface area contributed by atoms with Gasteiger partial charge in [0.2, 0.25) is 0 Å². The molecule has 1 N–H and O–H groups in total. The van der Waals surface area contributed by atoms with E-state index in [1.165, 1.54) is 0 Å². The number of carbonyl (C=O) groups is 1. The van der Waals surface area contributed by atoms with Crippen LogP contribution in [0.15, 0.2) is 34.9 Å². The van der Waals surface area contributed by atoms with Crippen LogP contribution in [0.2, 0.25) is 0 Å². The van der Waals surface area contributed by atoms with E-state index in [-0.39, 0.29) is 35.7 Å². The highest BCUT2D eigenvalue weighted by atomic mass is 19.3. The summed E-state index contributed by atoms with van der Waals surface area (Å²) in [5.74, 6) is -0.535. The smallest absolute Gasteiger partial charge is 0.305 e. The van der Waals surface area contributed by atoms with Gasteiger partial charge in [0.05, 0.1) is 18.4 Å². The summed E-state index contributed by atoms with van der Waals surface area (Å²) in [4.78, 5) is 15.2. The molecule has 2 aromatic heterocycles. The maximum Gasteiger partial charge on any atom is 0.305 e. The number of hydrogen-bond donors (Lipinski definition) is 1. The van der Waals surface area contributed by atoms with E-state index in [9.17, 15) is 13.6 Å². The first-order chi connectivity index (χ1) is 13.4. The van der Waals surface area contributed by atoms with Crippen molar-refractivity contribution in [1.29, 1.82) is 0 Å². The number of carboxylic acid groups (broad SMARTS) is 1. The number of rotatable bonds is 7. The van der Waals surface area contributed by atoms with E-state index in [0.717, 1.165) is 34.7 Å². The van der Waals surface area contributed by atoms with E-state index in [0.29, 0.717) is 5.82 Å². The summed E-state index contributed by atoms with van der Waals surface area (Å²) in [6, 6.07) is 9.15. The molecular weight excluding hydrogens is 370 g/mol. The van der Waals surface area contributed by atoms with Gasteiger partial charge in [-0.2, -0.15) is 10.1 Å².